The summed E-state index contributed by atoms with van der Waals surface area (Å²) < 4.78 is 19.4. The van der Waals surface area contributed by atoms with Gasteiger partial charge in [-0.1, -0.05) is 36.4 Å². The zero-order valence-corrected chi connectivity index (χ0v) is 26.5. The molecule has 2 aromatic carbocycles. The van der Waals surface area contributed by atoms with Crippen molar-refractivity contribution >= 4 is 28.2 Å². The highest BCUT2D eigenvalue weighted by atomic mass is 19.1. The molecule has 3 aromatic rings. The number of hydrogen-bond donors (Lipinski definition) is 0. The molecule has 0 spiro atoms. The van der Waals surface area contributed by atoms with Crippen LogP contribution in [-0.2, 0) is 17.8 Å². The summed E-state index contributed by atoms with van der Waals surface area (Å²) in [5.74, 6) is 0.965. The van der Waals surface area contributed by atoms with E-state index in [-0.39, 0.29) is 5.91 Å². The van der Waals surface area contributed by atoms with E-state index in [1.807, 2.05) is 15.9 Å². The van der Waals surface area contributed by atoms with Gasteiger partial charge in [-0.2, -0.15) is 9.97 Å². The Bertz CT molecular complexity index is 1560. The third-order valence-electron chi connectivity index (χ3n) is 9.96. The molecular formula is C35H44FN7O2. The highest BCUT2D eigenvalue weighted by molar-refractivity contribution is 5.97. The number of halogens is 1. The zero-order valence-electron chi connectivity index (χ0n) is 26.5. The van der Waals surface area contributed by atoms with Crippen LogP contribution in [0.5, 0.6) is 6.01 Å². The number of carbonyl (C=O) groups is 1. The maximum atomic E-state index is 13.1. The van der Waals surface area contributed by atoms with E-state index in [4.69, 9.17) is 14.7 Å². The monoisotopic (exact) mass is 613 g/mol. The Balaban J connectivity index is 1.10. The highest BCUT2D eigenvalue weighted by Crippen LogP contribution is 2.35. The molecule has 0 radical (unpaired) electrons. The van der Waals surface area contributed by atoms with Gasteiger partial charge in [0.25, 0.3) is 0 Å². The lowest BCUT2D eigenvalue weighted by Crippen LogP contribution is -2.49. The predicted molar refractivity (Wildman–Crippen MR) is 176 cm³/mol. The maximum Gasteiger partial charge on any atom is 0.318 e. The molecule has 1 aromatic heterocycles. The van der Waals surface area contributed by atoms with Gasteiger partial charge in [-0.25, -0.2) is 4.39 Å². The van der Waals surface area contributed by atoms with Crippen molar-refractivity contribution in [1.29, 1.82) is 0 Å². The number of likely N-dealkylation sites (tertiary alicyclic amines) is 2. The maximum absolute atomic E-state index is 13.1. The van der Waals surface area contributed by atoms with E-state index in [9.17, 15) is 9.18 Å². The topological polar surface area (TPSA) is 68.3 Å². The number of piperazine rings is 1. The molecule has 4 aliphatic rings. The van der Waals surface area contributed by atoms with Crippen LogP contribution < -0.4 is 14.5 Å². The molecule has 45 heavy (non-hydrogen) atoms. The number of rotatable bonds is 8. The minimum Gasteiger partial charge on any atom is -0.462 e. The fourth-order valence-electron chi connectivity index (χ4n) is 7.25. The lowest BCUT2D eigenvalue weighted by molar-refractivity contribution is -0.126. The zero-order chi connectivity index (χ0) is 30.9. The number of likely N-dealkylation sites (N-methyl/N-ethyl adjacent to an activating group) is 1. The fraction of sp³-hybridized carbons (Fsp3) is 0.514. The minimum atomic E-state index is -0.727. The minimum absolute atomic E-state index is 0.0161. The average molecular weight is 614 g/mol. The molecule has 7 rings (SSSR count). The predicted octanol–water partition coefficient (Wildman–Crippen LogP) is 3.83. The molecule has 0 bridgehead atoms. The van der Waals surface area contributed by atoms with Gasteiger partial charge in [0.05, 0.1) is 12.2 Å². The molecule has 0 N–H and O–H groups in total. The number of nitrogens with zero attached hydrogens (tertiary/aromatic N) is 7. The summed E-state index contributed by atoms with van der Waals surface area (Å²) in [5.41, 5.74) is 4.73. The number of anilines is 2. The van der Waals surface area contributed by atoms with Crippen LogP contribution in [0.15, 0.2) is 48.6 Å². The van der Waals surface area contributed by atoms with E-state index < -0.39 is 6.17 Å². The van der Waals surface area contributed by atoms with E-state index in [0.29, 0.717) is 71.0 Å². The van der Waals surface area contributed by atoms with E-state index in [0.717, 1.165) is 37.4 Å². The molecule has 4 aliphatic heterocycles. The standard InChI is InChI=1S/C35H44FN7O2/c1-25-7-3-8-26-9-4-11-31(33(25)26)43-16-13-29-30(23-43)37-35(45-24-28-10-5-14-39(28)2)38-34(29)42-19-17-41(18-20-42)32(44)12-6-15-40-21-27(36)22-40/h3-4,6-9,11-12,27-28H,5,10,13-24H2,1-2H3/b12-6+/t28-/m0/s1. The third-order valence-corrected chi connectivity index (χ3v) is 9.96. The van der Waals surface area contributed by atoms with Crippen LogP contribution >= 0.6 is 0 Å². The number of ether oxygens (including phenoxy) is 1. The Kier molecular flexibility index (Phi) is 8.59. The van der Waals surface area contributed by atoms with Crippen LogP contribution in [0.4, 0.5) is 15.9 Å². The van der Waals surface area contributed by atoms with Crippen molar-refractivity contribution in [3.05, 3.63) is 65.4 Å². The molecule has 9 nitrogen and oxygen atoms in total. The van der Waals surface area contributed by atoms with Crippen molar-refractivity contribution in [2.45, 2.75) is 44.9 Å². The second-order valence-corrected chi connectivity index (χ2v) is 13.0. The van der Waals surface area contributed by atoms with Gasteiger partial charge < -0.3 is 24.3 Å². The van der Waals surface area contributed by atoms with Crippen molar-refractivity contribution in [2.24, 2.45) is 0 Å². The lowest BCUT2D eigenvalue weighted by Gasteiger charge is -2.38. The molecule has 3 saturated heterocycles. The van der Waals surface area contributed by atoms with Gasteiger partial charge in [0.15, 0.2) is 0 Å². The van der Waals surface area contributed by atoms with Crippen LogP contribution in [0.3, 0.4) is 0 Å². The summed E-state index contributed by atoms with van der Waals surface area (Å²) in [6.45, 7) is 9.64. The number of amides is 1. The highest BCUT2D eigenvalue weighted by Gasteiger charge is 2.30. The third kappa shape index (κ3) is 6.35. The smallest absolute Gasteiger partial charge is 0.318 e. The number of hydrogen-bond acceptors (Lipinski definition) is 8. The molecule has 1 atom stereocenters. The van der Waals surface area contributed by atoms with E-state index >= 15 is 0 Å². The molecule has 1 amide bonds. The van der Waals surface area contributed by atoms with Crippen LogP contribution in [0.25, 0.3) is 10.8 Å². The summed E-state index contributed by atoms with van der Waals surface area (Å²) in [7, 11) is 2.16. The number of alkyl halides is 1. The molecule has 0 aliphatic carbocycles. The quantitative estimate of drug-likeness (QED) is 0.356. The number of aromatic nitrogens is 2. The van der Waals surface area contributed by atoms with E-state index in [1.165, 1.54) is 34.0 Å². The SMILES string of the molecule is Cc1cccc2cccc(N3CCc4c(nc(OC[C@@H]5CCCN5C)nc4N4CCN(C(=O)/C=C/CN5CC(F)C5)CC4)C3)c12. The van der Waals surface area contributed by atoms with Gasteiger partial charge in [-0.15, -0.1) is 0 Å². The van der Waals surface area contributed by atoms with Crippen LogP contribution in [0.1, 0.15) is 29.7 Å². The van der Waals surface area contributed by atoms with Crippen molar-refractivity contribution in [2.75, 3.05) is 82.4 Å². The van der Waals surface area contributed by atoms with Gasteiger partial charge in [-0.3, -0.25) is 9.69 Å². The van der Waals surface area contributed by atoms with Crippen LogP contribution in [0, 0.1) is 6.92 Å². The molecule has 5 heterocycles. The Labute approximate surface area is 265 Å². The Morgan fingerprint density at radius 2 is 1.82 bits per heavy atom. The van der Waals surface area contributed by atoms with Crippen molar-refractivity contribution in [1.82, 2.24) is 24.7 Å². The van der Waals surface area contributed by atoms with Gasteiger partial charge in [0.2, 0.25) is 5.91 Å². The first-order valence-corrected chi connectivity index (χ1v) is 16.5. The van der Waals surface area contributed by atoms with Gasteiger partial charge in [-0.05, 0) is 56.8 Å². The number of aryl methyl sites for hydroxylation is 1. The summed E-state index contributed by atoms with van der Waals surface area (Å²) in [5, 5.41) is 2.55. The largest absolute Gasteiger partial charge is 0.462 e. The number of carbonyl (C=O) groups excluding carboxylic acids is 1. The van der Waals surface area contributed by atoms with Gasteiger partial charge >= 0.3 is 6.01 Å². The Morgan fingerprint density at radius 3 is 2.58 bits per heavy atom. The fourth-order valence-corrected chi connectivity index (χ4v) is 7.25. The van der Waals surface area contributed by atoms with Crippen molar-refractivity contribution in [3.63, 3.8) is 0 Å². The van der Waals surface area contributed by atoms with Crippen molar-refractivity contribution in [3.8, 4) is 6.01 Å². The second kappa shape index (κ2) is 12.9. The average Bonchev–Trinajstić information content (AvgIpc) is 3.46. The molecule has 10 heteroatoms. The normalized spacial score (nSPS) is 21.5. The molecular weight excluding hydrogens is 569 g/mol. The Morgan fingerprint density at radius 1 is 1.02 bits per heavy atom. The van der Waals surface area contributed by atoms with Crippen LogP contribution in [0.2, 0.25) is 0 Å². The first-order chi connectivity index (χ1) is 21.9. The summed E-state index contributed by atoms with van der Waals surface area (Å²) >= 11 is 0. The van der Waals surface area contributed by atoms with Crippen molar-refractivity contribution < 1.29 is 13.9 Å². The van der Waals surface area contributed by atoms with Gasteiger partial charge in [0, 0.05) is 81.1 Å². The Hall–Kier alpha value is -3.76. The molecule has 3 fully saturated rings. The van der Waals surface area contributed by atoms with Crippen LogP contribution in [-0.4, -0.2) is 115 Å². The summed E-state index contributed by atoms with van der Waals surface area (Å²) in [6.07, 6.45) is 5.93. The first kappa shape index (κ1) is 29.9. The molecule has 0 unspecified atom stereocenters. The molecule has 0 saturated carbocycles. The number of benzene rings is 2. The second-order valence-electron chi connectivity index (χ2n) is 13.0. The summed E-state index contributed by atoms with van der Waals surface area (Å²) in [6, 6.07) is 13.9. The first-order valence-electron chi connectivity index (χ1n) is 16.5. The summed E-state index contributed by atoms with van der Waals surface area (Å²) in [4.78, 5) is 33.9. The lowest BCUT2D eigenvalue weighted by atomic mass is 9.99. The van der Waals surface area contributed by atoms with E-state index in [2.05, 4.69) is 65.1 Å². The van der Waals surface area contributed by atoms with Gasteiger partial charge in [0.1, 0.15) is 18.6 Å². The van der Waals surface area contributed by atoms with E-state index in [1.54, 1.807) is 6.08 Å². The molecule has 238 valence electrons. The number of fused-ring (bicyclic) bond motifs is 2.